The van der Waals surface area contributed by atoms with Gasteiger partial charge in [0.15, 0.2) is 0 Å². The molecule has 2 atom stereocenters. The van der Waals surface area contributed by atoms with Crippen LogP contribution in [0.1, 0.15) is 53.6 Å². The van der Waals surface area contributed by atoms with Crippen LogP contribution in [-0.4, -0.2) is 27.6 Å². The lowest BCUT2D eigenvalue weighted by Gasteiger charge is -2.20. The molecule has 3 heterocycles. The molecular formula is C17H24N4O2. The molecule has 1 saturated heterocycles. The van der Waals surface area contributed by atoms with Crippen molar-refractivity contribution >= 4 is 0 Å². The van der Waals surface area contributed by atoms with E-state index in [4.69, 9.17) is 9.26 Å². The van der Waals surface area contributed by atoms with E-state index in [-0.39, 0.29) is 6.10 Å². The van der Waals surface area contributed by atoms with Gasteiger partial charge in [-0.1, -0.05) is 5.16 Å². The zero-order chi connectivity index (χ0) is 15.8. The van der Waals surface area contributed by atoms with Crippen LogP contribution in [0.5, 0.6) is 0 Å². The number of ether oxygens (including phenoxy) is 1. The fourth-order valence-corrected chi connectivity index (χ4v) is 3.72. The molecule has 0 spiro atoms. The van der Waals surface area contributed by atoms with Gasteiger partial charge in [-0.15, -0.1) is 0 Å². The topological polar surface area (TPSA) is 65.1 Å². The van der Waals surface area contributed by atoms with Crippen LogP contribution >= 0.6 is 0 Å². The van der Waals surface area contributed by atoms with E-state index in [1.807, 2.05) is 17.9 Å². The summed E-state index contributed by atoms with van der Waals surface area (Å²) in [5.74, 6) is 1.09. The van der Waals surface area contributed by atoms with E-state index in [0.717, 1.165) is 43.9 Å². The third kappa shape index (κ3) is 2.70. The van der Waals surface area contributed by atoms with Crippen LogP contribution in [0.4, 0.5) is 0 Å². The van der Waals surface area contributed by atoms with Crippen molar-refractivity contribution in [1.82, 2.24) is 20.3 Å². The van der Waals surface area contributed by atoms with E-state index in [0.29, 0.717) is 6.04 Å². The lowest BCUT2D eigenvalue weighted by Crippen LogP contribution is -2.32. The molecule has 4 rings (SSSR count). The van der Waals surface area contributed by atoms with Gasteiger partial charge in [0, 0.05) is 49.5 Å². The average Bonchev–Trinajstić information content (AvgIpc) is 3.26. The first-order chi connectivity index (χ1) is 11.2. The zero-order valence-corrected chi connectivity index (χ0v) is 13.8. The van der Waals surface area contributed by atoms with Crippen molar-refractivity contribution in [2.24, 2.45) is 7.05 Å². The number of nitrogens with zero attached hydrogens (tertiary/aromatic N) is 3. The highest BCUT2D eigenvalue weighted by molar-refractivity contribution is 5.26. The first-order valence-electron chi connectivity index (χ1n) is 8.54. The van der Waals surface area contributed by atoms with E-state index in [1.165, 1.54) is 29.7 Å². The molecule has 0 radical (unpaired) electrons. The second-order valence-corrected chi connectivity index (χ2v) is 6.61. The first kappa shape index (κ1) is 14.9. The molecule has 0 aromatic carbocycles. The highest BCUT2D eigenvalue weighted by Crippen LogP contribution is 2.31. The Morgan fingerprint density at radius 1 is 1.35 bits per heavy atom. The van der Waals surface area contributed by atoms with Crippen molar-refractivity contribution in [2.45, 2.75) is 57.7 Å². The summed E-state index contributed by atoms with van der Waals surface area (Å²) >= 11 is 0. The van der Waals surface area contributed by atoms with Gasteiger partial charge in [0.2, 0.25) is 0 Å². The van der Waals surface area contributed by atoms with E-state index >= 15 is 0 Å². The molecule has 1 fully saturated rings. The Morgan fingerprint density at radius 3 is 3.04 bits per heavy atom. The molecule has 6 heteroatoms. The normalized spacial score (nSPS) is 24.1. The Kier molecular flexibility index (Phi) is 3.95. The van der Waals surface area contributed by atoms with Crippen molar-refractivity contribution in [3.05, 3.63) is 34.5 Å². The summed E-state index contributed by atoms with van der Waals surface area (Å²) in [4.78, 5) is 0. The van der Waals surface area contributed by atoms with Crippen molar-refractivity contribution in [2.75, 3.05) is 6.61 Å². The quantitative estimate of drug-likeness (QED) is 0.937. The SMILES string of the molecule is Cc1c([C@H]2OCC[C@@H]2NCc2noc3c2CCCC3)cnn1C. The van der Waals surface area contributed by atoms with Gasteiger partial charge in [-0.05, 0) is 32.6 Å². The van der Waals surface area contributed by atoms with Gasteiger partial charge >= 0.3 is 0 Å². The number of fused-ring (bicyclic) bond motifs is 1. The highest BCUT2D eigenvalue weighted by atomic mass is 16.5. The number of aryl methyl sites for hydroxylation is 2. The van der Waals surface area contributed by atoms with Gasteiger partial charge in [-0.2, -0.15) is 5.10 Å². The molecule has 0 saturated carbocycles. The number of hydrogen-bond acceptors (Lipinski definition) is 5. The molecule has 6 nitrogen and oxygen atoms in total. The van der Waals surface area contributed by atoms with E-state index in [2.05, 4.69) is 22.5 Å². The fourth-order valence-electron chi connectivity index (χ4n) is 3.72. The van der Waals surface area contributed by atoms with E-state index in [9.17, 15) is 0 Å². The van der Waals surface area contributed by atoms with Gasteiger partial charge < -0.3 is 14.6 Å². The summed E-state index contributed by atoms with van der Waals surface area (Å²) in [6.45, 7) is 3.63. The molecule has 0 unspecified atom stereocenters. The smallest absolute Gasteiger partial charge is 0.140 e. The van der Waals surface area contributed by atoms with Crippen LogP contribution < -0.4 is 5.32 Å². The predicted molar refractivity (Wildman–Crippen MR) is 85.0 cm³/mol. The molecule has 0 bridgehead atoms. The van der Waals surface area contributed by atoms with Crippen LogP contribution in [-0.2, 0) is 31.2 Å². The zero-order valence-electron chi connectivity index (χ0n) is 13.8. The number of aromatic nitrogens is 3. The standard InChI is InChI=1S/C17H24N4O2/c1-11-13(9-19-21(11)2)17-14(7-8-22-17)18-10-15-12-5-3-4-6-16(12)23-20-15/h9,14,17-18H,3-8,10H2,1-2H3/t14-,17+/m0/s1. The maximum absolute atomic E-state index is 5.97. The van der Waals surface area contributed by atoms with Crippen LogP contribution in [0.2, 0.25) is 0 Å². The molecule has 2 aliphatic rings. The summed E-state index contributed by atoms with van der Waals surface area (Å²) in [5, 5.41) is 12.3. The molecule has 1 aliphatic heterocycles. The van der Waals surface area contributed by atoms with Crippen LogP contribution in [0.25, 0.3) is 0 Å². The maximum atomic E-state index is 5.97. The molecule has 1 aliphatic carbocycles. The number of rotatable bonds is 4. The summed E-state index contributed by atoms with van der Waals surface area (Å²) in [7, 11) is 1.97. The van der Waals surface area contributed by atoms with Gasteiger partial charge in [0.1, 0.15) is 17.6 Å². The molecule has 0 amide bonds. The number of hydrogen-bond donors (Lipinski definition) is 1. The van der Waals surface area contributed by atoms with Crippen molar-refractivity contribution in [1.29, 1.82) is 0 Å². The third-order valence-corrected chi connectivity index (χ3v) is 5.23. The Hall–Kier alpha value is -1.66. The highest BCUT2D eigenvalue weighted by Gasteiger charge is 2.32. The van der Waals surface area contributed by atoms with Crippen molar-refractivity contribution in [3.63, 3.8) is 0 Å². The lowest BCUT2D eigenvalue weighted by atomic mass is 9.96. The fraction of sp³-hybridized carbons (Fsp3) is 0.647. The minimum Gasteiger partial charge on any atom is -0.372 e. The lowest BCUT2D eigenvalue weighted by molar-refractivity contribution is 0.0977. The van der Waals surface area contributed by atoms with Gasteiger partial charge in [0.25, 0.3) is 0 Å². The molecule has 1 N–H and O–H groups in total. The first-order valence-corrected chi connectivity index (χ1v) is 8.54. The van der Waals surface area contributed by atoms with Crippen LogP contribution in [0, 0.1) is 6.92 Å². The largest absolute Gasteiger partial charge is 0.372 e. The Balaban J connectivity index is 1.46. The van der Waals surface area contributed by atoms with E-state index in [1.54, 1.807) is 0 Å². The van der Waals surface area contributed by atoms with Crippen LogP contribution in [0.3, 0.4) is 0 Å². The average molecular weight is 316 g/mol. The Morgan fingerprint density at radius 2 is 2.22 bits per heavy atom. The minimum absolute atomic E-state index is 0.0754. The summed E-state index contributed by atoms with van der Waals surface area (Å²) in [6.07, 6.45) is 7.61. The second kappa shape index (κ2) is 6.09. The van der Waals surface area contributed by atoms with Gasteiger partial charge in [0.05, 0.1) is 6.20 Å². The monoisotopic (exact) mass is 316 g/mol. The number of nitrogens with one attached hydrogen (secondary N) is 1. The van der Waals surface area contributed by atoms with Crippen LogP contribution in [0.15, 0.2) is 10.7 Å². The van der Waals surface area contributed by atoms with Crippen molar-refractivity contribution < 1.29 is 9.26 Å². The molecule has 2 aromatic rings. The molecular weight excluding hydrogens is 292 g/mol. The predicted octanol–water partition coefficient (Wildman–Crippen LogP) is 2.22. The molecule has 23 heavy (non-hydrogen) atoms. The Labute approximate surface area is 136 Å². The summed E-state index contributed by atoms with van der Waals surface area (Å²) < 4.78 is 13.4. The summed E-state index contributed by atoms with van der Waals surface area (Å²) in [5.41, 5.74) is 4.76. The summed E-state index contributed by atoms with van der Waals surface area (Å²) in [6, 6.07) is 0.300. The van der Waals surface area contributed by atoms with Gasteiger partial charge in [-0.3, -0.25) is 4.68 Å². The van der Waals surface area contributed by atoms with Gasteiger partial charge in [-0.25, -0.2) is 0 Å². The third-order valence-electron chi connectivity index (χ3n) is 5.23. The minimum atomic E-state index is 0.0754. The molecule has 2 aromatic heterocycles. The van der Waals surface area contributed by atoms with Crippen molar-refractivity contribution in [3.8, 4) is 0 Å². The molecule has 124 valence electrons. The Bertz CT molecular complexity index is 691. The maximum Gasteiger partial charge on any atom is 0.140 e. The second-order valence-electron chi connectivity index (χ2n) is 6.61. The van der Waals surface area contributed by atoms with E-state index < -0.39 is 0 Å².